The van der Waals surface area contributed by atoms with Crippen molar-refractivity contribution in [3.05, 3.63) is 22.8 Å². The van der Waals surface area contributed by atoms with Crippen molar-refractivity contribution in [1.82, 2.24) is 9.97 Å². The van der Waals surface area contributed by atoms with Crippen LogP contribution in [0.1, 0.15) is 24.6 Å². The third-order valence-electron chi connectivity index (χ3n) is 3.25. The van der Waals surface area contributed by atoms with Crippen LogP contribution in [-0.2, 0) is 20.1 Å². The van der Waals surface area contributed by atoms with Gasteiger partial charge in [0.2, 0.25) is 5.79 Å². The van der Waals surface area contributed by atoms with Gasteiger partial charge in [0, 0.05) is 30.3 Å². The van der Waals surface area contributed by atoms with Gasteiger partial charge in [-0.15, -0.1) is 11.3 Å². The first-order valence-electron chi connectivity index (χ1n) is 6.30. The molecule has 3 rings (SSSR count). The van der Waals surface area contributed by atoms with Crippen LogP contribution in [-0.4, -0.2) is 33.8 Å². The van der Waals surface area contributed by atoms with Crippen LogP contribution in [0.3, 0.4) is 0 Å². The van der Waals surface area contributed by atoms with Gasteiger partial charge in [-0.2, -0.15) is 0 Å². The van der Waals surface area contributed by atoms with Crippen molar-refractivity contribution in [1.29, 1.82) is 0 Å². The summed E-state index contributed by atoms with van der Waals surface area (Å²) in [6.07, 6.45) is 3.96. The smallest absolute Gasteiger partial charge is 0.302 e. The second-order valence-corrected chi connectivity index (χ2v) is 5.64. The van der Waals surface area contributed by atoms with E-state index in [1.54, 1.807) is 6.20 Å². The van der Waals surface area contributed by atoms with Crippen LogP contribution in [0.4, 0.5) is 0 Å². The van der Waals surface area contributed by atoms with E-state index in [2.05, 4.69) is 9.97 Å². The van der Waals surface area contributed by atoms with Gasteiger partial charge < -0.3 is 14.6 Å². The minimum Gasteiger partial charge on any atom is -0.463 e. The number of nitrogens with zero attached hydrogens (tertiary/aromatic N) is 2. The molecule has 1 aliphatic rings. The van der Waals surface area contributed by atoms with Crippen molar-refractivity contribution < 1.29 is 19.4 Å². The highest BCUT2D eigenvalue weighted by molar-refractivity contribution is 7.11. The molecule has 1 aliphatic heterocycles. The van der Waals surface area contributed by atoms with Gasteiger partial charge in [0.1, 0.15) is 12.9 Å². The van der Waals surface area contributed by atoms with Gasteiger partial charge in [-0.3, -0.25) is 4.79 Å². The van der Waals surface area contributed by atoms with E-state index in [1.165, 1.54) is 24.6 Å². The summed E-state index contributed by atoms with van der Waals surface area (Å²) in [5.74, 6) is -1.70. The summed E-state index contributed by atoms with van der Waals surface area (Å²) < 4.78 is 10.6. The van der Waals surface area contributed by atoms with Crippen molar-refractivity contribution in [3.8, 4) is 0 Å². The van der Waals surface area contributed by atoms with Gasteiger partial charge in [0.25, 0.3) is 0 Å². The van der Waals surface area contributed by atoms with Crippen molar-refractivity contribution >= 4 is 28.2 Å². The van der Waals surface area contributed by atoms with Crippen molar-refractivity contribution in [2.75, 3.05) is 6.61 Å². The van der Waals surface area contributed by atoms with E-state index in [4.69, 9.17) is 9.47 Å². The fourth-order valence-corrected chi connectivity index (χ4v) is 3.35. The standard InChI is InChI=1S/C13H14N2O4S/c1-8(16)18-5-10-2-3-13(17,19-10)12-11-9(6-20-12)4-14-7-15-11/h4,6-7,10,17H,2-3,5H2,1H3. The number of hydrogen-bond donors (Lipinski definition) is 1. The zero-order valence-corrected chi connectivity index (χ0v) is 11.7. The van der Waals surface area contributed by atoms with Crippen LogP contribution < -0.4 is 0 Å². The lowest BCUT2D eigenvalue weighted by Crippen LogP contribution is -2.27. The first kappa shape index (κ1) is 13.4. The maximum Gasteiger partial charge on any atom is 0.302 e. The van der Waals surface area contributed by atoms with Gasteiger partial charge in [0.05, 0.1) is 16.5 Å². The zero-order chi connectivity index (χ0) is 14.2. The molecule has 0 radical (unpaired) electrons. The van der Waals surface area contributed by atoms with Crippen LogP contribution in [0.15, 0.2) is 17.9 Å². The van der Waals surface area contributed by atoms with Gasteiger partial charge in [0.15, 0.2) is 0 Å². The Morgan fingerprint density at radius 3 is 3.35 bits per heavy atom. The molecule has 0 aliphatic carbocycles. The number of ether oxygens (including phenoxy) is 2. The molecular weight excluding hydrogens is 280 g/mol. The molecule has 2 aromatic rings. The van der Waals surface area contributed by atoms with E-state index in [-0.39, 0.29) is 18.7 Å². The maximum atomic E-state index is 10.8. The molecule has 0 amide bonds. The Kier molecular flexibility index (Phi) is 3.41. The lowest BCUT2D eigenvalue weighted by molar-refractivity contribution is -0.205. The summed E-state index contributed by atoms with van der Waals surface area (Å²) in [5, 5.41) is 13.4. The zero-order valence-electron chi connectivity index (χ0n) is 10.9. The molecule has 1 N–H and O–H groups in total. The highest BCUT2D eigenvalue weighted by Crippen LogP contribution is 2.42. The third kappa shape index (κ3) is 2.39. The molecule has 2 unspecified atom stereocenters. The highest BCUT2D eigenvalue weighted by atomic mass is 32.1. The summed E-state index contributed by atoms with van der Waals surface area (Å²) in [4.78, 5) is 19.6. The normalized spacial score (nSPS) is 26.0. The number of rotatable bonds is 3. The molecule has 3 heterocycles. The fourth-order valence-electron chi connectivity index (χ4n) is 2.32. The molecule has 106 valence electrons. The van der Waals surface area contributed by atoms with Crippen LogP contribution in [0.2, 0.25) is 0 Å². The molecule has 2 aromatic heterocycles. The minimum absolute atomic E-state index is 0.163. The van der Waals surface area contributed by atoms with Crippen LogP contribution >= 0.6 is 11.3 Å². The molecule has 7 heteroatoms. The Bertz CT molecular complexity index is 644. The molecular formula is C13H14N2O4S. The molecule has 1 fully saturated rings. The largest absolute Gasteiger partial charge is 0.463 e. The first-order valence-corrected chi connectivity index (χ1v) is 7.18. The Balaban J connectivity index is 1.81. The highest BCUT2D eigenvalue weighted by Gasteiger charge is 2.42. The number of esters is 1. The lowest BCUT2D eigenvalue weighted by Gasteiger charge is -2.22. The van der Waals surface area contributed by atoms with Crippen LogP contribution in [0, 0.1) is 0 Å². The summed E-state index contributed by atoms with van der Waals surface area (Å²) in [7, 11) is 0. The first-order chi connectivity index (χ1) is 9.58. The molecule has 2 atom stereocenters. The monoisotopic (exact) mass is 294 g/mol. The second-order valence-electron chi connectivity index (χ2n) is 4.76. The summed E-state index contributed by atoms with van der Waals surface area (Å²) >= 11 is 1.40. The SMILES string of the molecule is CC(=O)OCC1CCC(O)(c2scc3cncnc23)O1. The number of carbonyl (C=O) groups excluding carboxylic acids is 1. The Morgan fingerprint density at radius 2 is 2.55 bits per heavy atom. The van der Waals surface area contributed by atoms with Gasteiger partial charge in [-0.25, -0.2) is 9.97 Å². The van der Waals surface area contributed by atoms with Crippen molar-refractivity contribution in [2.45, 2.75) is 31.7 Å². The van der Waals surface area contributed by atoms with E-state index in [1.807, 2.05) is 5.38 Å². The molecule has 0 bridgehead atoms. The number of fused-ring (bicyclic) bond motifs is 1. The molecule has 1 saturated heterocycles. The van der Waals surface area contributed by atoms with E-state index in [0.29, 0.717) is 23.2 Å². The Hall–Kier alpha value is -1.57. The number of hydrogen-bond acceptors (Lipinski definition) is 7. The van der Waals surface area contributed by atoms with E-state index in [9.17, 15) is 9.90 Å². The van der Waals surface area contributed by atoms with Gasteiger partial charge >= 0.3 is 5.97 Å². The van der Waals surface area contributed by atoms with E-state index >= 15 is 0 Å². The third-order valence-corrected chi connectivity index (χ3v) is 4.37. The molecule has 0 saturated carbocycles. The predicted molar refractivity (Wildman–Crippen MR) is 72.1 cm³/mol. The average molecular weight is 294 g/mol. The average Bonchev–Trinajstić information content (AvgIpc) is 3.01. The second kappa shape index (κ2) is 5.08. The number of thiophene rings is 1. The summed E-state index contributed by atoms with van der Waals surface area (Å²) in [5.41, 5.74) is 0.709. The molecule has 6 nitrogen and oxygen atoms in total. The lowest BCUT2D eigenvalue weighted by atomic mass is 10.1. The molecule has 0 spiro atoms. The van der Waals surface area contributed by atoms with Crippen molar-refractivity contribution in [3.63, 3.8) is 0 Å². The number of carbonyl (C=O) groups is 1. The summed E-state index contributed by atoms with van der Waals surface area (Å²) in [6.45, 7) is 1.51. The number of aliphatic hydroxyl groups is 1. The van der Waals surface area contributed by atoms with Crippen molar-refractivity contribution in [2.24, 2.45) is 0 Å². The van der Waals surface area contributed by atoms with Crippen LogP contribution in [0.5, 0.6) is 0 Å². The molecule has 0 aromatic carbocycles. The molecule has 20 heavy (non-hydrogen) atoms. The van der Waals surface area contributed by atoms with Crippen LogP contribution in [0.25, 0.3) is 10.9 Å². The Labute approximate surface area is 119 Å². The Morgan fingerprint density at radius 1 is 1.70 bits per heavy atom. The quantitative estimate of drug-likeness (QED) is 0.866. The maximum absolute atomic E-state index is 10.8. The number of aromatic nitrogens is 2. The minimum atomic E-state index is -1.36. The predicted octanol–water partition coefficient (Wildman–Crippen LogP) is 1.58. The van der Waals surface area contributed by atoms with Gasteiger partial charge in [-0.1, -0.05) is 0 Å². The van der Waals surface area contributed by atoms with Gasteiger partial charge in [-0.05, 0) is 6.42 Å². The van der Waals surface area contributed by atoms with E-state index < -0.39 is 5.79 Å². The topological polar surface area (TPSA) is 81.5 Å². The summed E-state index contributed by atoms with van der Waals surface area (Å²) in [6, 6.07) is 0. The van der Waals surface area contributed by atoms with E-state index in [0.717, 1.165) is 5.39 Å². The fraction of sp³-hybridized carbons (Fsp3) is 0.462.